The van der Waals surface area contributed by atoms with Crippen LogP contribution in [0.25, 0.3) is 0 Å². The van der Waals surface area contributed by atoms with Gasteiger partial charge in [0, 0.05) is 24.6 Å². The molecule has 0 radical (unpaired) electrons. The molecular weight excluding hydrogens is 260 g/mol. The van der Waals surface area contributed by atoms with Gasteiger partial charge in [0.05, 0.1) is 0 Å². The number of anilines is 2. The maximum absolute atomic E-state index is 4.68. The van der Waals surface area contributed by atoms with Gasteiger partial charge in [-0.3, -0.25) is 0 Å². The van der Waals surface area contributed by atoms with Crippen molar-refractivity contribution in [1.29, 1.82) is 0 Å². The third kappa shape index (κ3) is 5.52. The van der Waals surface area contributed by atoms with Crippen molar-refractivity contribution in [2.24, 2.45) is 5.92 Å². The molecule has 1 aromatic heterocycles. The molecule has 4 nitrogen and oxygen atoms in total. The van der Waals surface area contributed by atoms with Crippen molar-refractivity contribution in [2.75, 3.05) is 23.7 Å². The molecule has 1 heterocycles. The average molecular weight is 290 g/mol. The van der Waals surface area contributed by atoms with Gasteiger partial charge in [-0.2, -0.15) is 0 Å². The Labute approximate surface area is 129 Å². The molecule has 0 atom stereocenters. The first-order valence-electron chi connectivity index (χ1n) is 8.36. The van der Waals surface area contributed by atoms with Crippen molar-refractivity contribution in [1.82, 2.24) is 9.97 Å². The molecule has 0 aliphatic heterocycles. The molecule has 2 rings (SSSR count). The molecule has 0 spiro atoms. The maximum atomic E-state index is 4.68. The van der Waals surface area contributed by atoms with E-state index in [0.717, 1.165) is 42.9 Å². The van der Waals surface area contributed by atoms with Crippen LogP contribution in [0.2, 0.25) is 0 Å². The topological polar surface area (TPSA) is 49.8 Å². The van der Waals surface area contributed by atoms with E-state index in [9.17, 15) is 0 Å². The van der Waals surface area contributed by atoms with Gasteiger partial charge in [0.25, 0.3) is 0 Å². The van der Waals surface area contributed by atoms with E-state index in [1.807, 2.05) is 6.07 Å². The van der Waals surface area contributed by atoms with Crippen LogP contribution in [-0.4, -0.2) is 23.1 Å². The molecule has 1 saturated carbocycles. The van der Waals surface area contributed by atoms with E-state index in [-0.39, 0.29) is 5.41 Å². The highest BCUT2D eigenvalue weighted by Gasteiger charge is 2.21. The minimum Gasteiger partial charge on any atom is -0.370 e. The van der Waals surface area contributed by atoms with Gasteiger partial charge in [-0.05, 0) is 25.2 Å². The Morgan fingerprint density at radius 3 is 2.24 bits per heavy atom. The van der Waals surface area contributed by atoms with Gasteiger partial charge < -0.3 is 10.6 Å². The molecule has 2 N–H and O–H groups in total. The fraction of sp³-hybridized carbons (Fsp3) is 0.765. The van der Waals surface area contributed by atoms with Gasteiger partial charge >= 0.3 is 0 Å². The third-order valence-electron chi connectivity index (χ3n) is 3.75. The Morgan fingerprint density at radius 1 is 1.10 bits per heavy atom. The van der Waals surface area contributed by atoms with Crippen LogP contribution < -0.4 is 10.6 Å². The predicted octanol–water partition coefficient (Wildman–Crippen LogP) is 4.20. The summed E-state index contributed by atoms with van der Waals surface area (Å²) in [7, 11) is 0. The van der Waals surface area contributed by atoms with Gasteiger partial charge in [-0.1, -0.05) is 40.5 Å². The molecule has 0 unspecified atom stereocenters. The van der Waals surface area contributed by atoms with E-state index < -0.39 is 0 Å². The van der Waals surface area contributed by atoms with Crippen molar-refractivity contribution in [2.45, 2.75) is 65.2 Å². The number of aromatic nitrogens is 2. The Hall–Kier alpha value is -1.32. The molecule has 0 aromatic carbocycles. The lowest BCUT2D eigenvalue weighted by Gasteiger charge is -2.19. The predicted molar refractivity (Wildman–Crippen MR) is 90.0 cm³/mol. The second-order valence-electron chi connectivity index (χ2n) is 7.15. The summed E-state index contributed by atoms with van der Waals surface area (Å²) in [6.45, 7) is 10.6. The number of hydrogen-bond acceptors (Lipinski definition) is 4. The van der Waals surface area contributed by atoms with Crippen molar-refractivity contribution < 1.29 is 0 Å². The fourth-order valence-electron chi connectivity index (χ4n) is 2.23. The zero-order valence-electron chi connectivity index (χ0n) is 14.0. The Balaban J connectivity index is 1.98. The van der Waals surface area contributed by atoms with E-state index in [0.29, 0.717) is 0 Å². The molecule has 1 aliphatic rings. The van der Waals surface area contributed by atoms with E-state index in [1.54, 1.807) is 0 Å². The highest BCUT2D eigenvalue weighted by Crippen LogP contribution is 2.33. The normalized spacial score (nSPS) is 15.0. The first kappa shape index (κ1) is 16.1. The monoisotopic (exact) mass is 290 g/mol. The molecule has 1 aromatic rings. The molecule has 0 saturated heterocycles. The van der Waals surface area contributed by atoms with Gasteiger partial charge in [0.2, 0.25) is 0 Å². The molecule has 0 bridgehead atoms. The van der Waals surface area contributed by atoms with Crippen LogP contribution in [0.5, 0.6) is 0 Å². The van der Waals surface area contributed by atoms with Gasteiger partial charge in [0.15, 0.2) is 0 Å². The van der Waals surface area contributed by atoms with E-state index in [1.165, 1.54) is 25.7 Å². The summed E-state index contributed by atoms with van der Waals surface area (Å²) < 4.78 is 0. The second kappa shape index (κ2) is 7.10. The van der Waals surface area contributed by atoms with Crippen molar-refractivity contribution >= 4 is 11.6 Å². The second-order valence-corrected chi connectivity index (χ2v) is 7.15. The van der Waals surface area contributed by atoms with Crippen molar-refractivity contribution in [3.8, 4) is 0 Å². The van der Waals surface area contributed by atoms with E-state index in [4.69, 9.17) is 0 Å². The van der Waals surface area contributed by atoms with Crippen molar-refractivity contribution in [3.63, 3.8) is 0 Å². The SMILES string of the molecule is CCCNc1cc(NCCCC2CC2)nc(C(C)(C)C)n1. The number of hydrogen-bond donors (Lipinski definition) is 2. The zero-order valence-corrected chi connectivity index (χ0v) is 14.0. The van der Waals surface area contributed by atoms with Crippen LogP contribution in [0.1, 0.15) is 65.6 Å². The van der Waals surface area contributed by atoms with E-state index >= 15 is 0 Å². The smallest absolute Gasteiger partial charge is 0.138 e. The minimum absolute atomic E-state index is 0.0334. The summed E-state index contributed by atoms with van der Waals surface area (Å²) in [5.74, 6) is 3.78. The fourth-order valence-corrected chi connectivity index (χ4v) is 2.23. The lowest BCUT2D eigenvalue weighted by Crippen LogP contribution is -2.19. The molecule has 1 fully saturated rings. The number of rotatable bonds is 8. The summed E-state index contributed by atoms with van der Waals surface area (Å²) in [4.78, 5) is 9.33. The summed E-state index contributed by atoms with van der Waals surface area (Å²) in [5.41, 5.74) is -0.0334. The lowest BCUT2D eigenvalue weighted by atomic mass is 9.96. The standard InChI is InChI=1S/C17H30N4/c1-5-10-18-14-12-15(19-11-6-7-13-8-9-13)21-16(20-14)17(2,3)4/h12-13H,5-11H2,1-4H3,(H2,18,19,20,21). The average Bonchev–Trinajstić information content (AvgIpc) is 3.24. The zero-order chi connectivity index (χ0) is 15.3. The van der Waals surface area contributed by atoms with Gasteiger partial charge in [-0.25, -0.2) is 9.97 Å². The van der Waals surface area contributed by atoms with Crippen LogP contribution in [0.4, 0.5) is 11.6 Å². The minimum atomic E-state index is -0.0334. The first-order valence-corrected chi connectivity index (χ1v) is 8.36. The third-order valence-corrected chi connectivity index (χ3v) is 3.75. The highest BCUT2D eigenvalue weighted by atomic mass is 15.1. The molecule has 118 valence electrons. The highest BCUT2D eigenvalue weighted by molar-refractivity contribution is 5.48. The summed E-state index contributed by atoms with van der Waals surface area (Å²) in [6, 6.07) is 2.03. The molecular formula is C17H30N4. The maximum Gasteiger partial charge on any atom is 0.138 e. The molecule has 4 heteroatoms. The Morgan fingerprint density at radius 2 is 1.71 bits per heavy atom. The Bertz CT molecular complexity index is 447. The quantitative estimate of drug-likeness (QED) is 0.705. The lowest BCUT2D eigenvalue weighted by molar-refractivity contribution is 0.546. The van der Waals surface area contributed by atoms with Crippen LogP contribution >= 0.6 is 0 Å². The Kier molecular flexibility index (Phi) is 5.43. The van der Waals surface area contributed by atoms with Gasteiger partial charge in [0.1, 0.15) is 17.5 Å². The molecule has 1 aliphatic carbocycles. The van der Waals surface area contributed by atoms with Crippen LogP contribution in [0, 0.1) is 5.92 Å². The van der Waals surface area contributed by atoms with Crippen LogP contribution in [0.3, 0.4) is 0 Å². The van der Waals surface area contributed by atoms with Crippen molar-refractivity contribution in [3.05, 3.63) is 11.9 Å². The van der Waals surface area contributed by atoms with Crippen LogP contribution in [-0.2, 0) is 5.41 Å². The number of nitrogens with zero attached hydrogens (tertiary/aromatic N) is 2. The number of nitrogens with one attached hydrogen (secondary N) is 2. The first-order chi connectivity index (χ1) is 9.99. The molecule has 0 amide bonds. The largest absolute Gasteiger partial charge is 0.370 e. The van der Waals surface area contributed by atoms with E-state index in [2.05, 4.69) is 48.3 Å². The summed E-state index contributed by atoms with van der Waals surface area (Å²) in [6.07, 6.45) is 6.56. The summed E-state index contributed by atoms with van der Waals surface area (Å²) >= 11 is 0. The summed E-state index contributed by atoms with van der Waals surface area (Å²) in [5, 5.41) is 6.84. The molecule has 21 heavy (non-hydrogen) atoms. The van der Waals surface area contributed by atoms with Gasteiger partial charge in [-0.15, -0.1) is 0 Å². The van der Waals surface area contributed by atoms with Crippen LogP contribution in [0.15, 0.2) is 6.07 Å².